The van der Waals surface area contributed by atoms with E-state index in [1.807, 2.05) is 0 Å². The third kappa shape index (κ3) is 4.54. The van der Waals surface area contributed by atoms with E-state index >= 15 is 0 Å². The van der Waals surface area contributed by atoms with Gasteiger partial charge in [0.05, 0.1) is 11.3 Å². The molecule has 1 saturated carbocycles. The van der Waals surface area contributed by atoms with Gasteiger partial charge in [0.15, 0.2) is 5.69 Å². The predicted octanol–water partition coefficient (Wildman–Crippen LogP) is 1.13. The van der Waals surface area contributed by atoms with Gasteiger partial charge in [0, 0.05) is 45.2 Å². The van der Waals surface area contributed by atoms with Crippen LogP contribution in [0, 0.1) is 18.2 Å². The van der Waals surface area contributed by atoms with Crippen molar-refractivity contribution < 1.29 is 23.9 Å². The standard InChI is InChI=1S/C27H30FN7O5/c1-15-12-16(4-5-17(15)28)13-29-21(37)19-20(36)23(39)35-14-26(18-6-11-30-33-18)7-9-27(10-8-26,25(35)31-19)32-22(38)24(40)34(2)3/h4-5,11-12,36H,6-10,13-14H2,1-3H3,(H,29,37)(H,32,38). The van der Waals surface area contributed by atoms with Crippen LogP contribution in [-0.4, -0.2) is 63.3 Å². The number of aromatic hydroxyl groups is 1. The summed E-state index contributed by atoms with van der Waals surface area (Å²) in [6, 6.07) is 4.38. The lowest BCUT2D eigenvalue weighted by atomic mass is 9.65. The maximum atomic E-state index is 13.6. The second-order valence-electron chi connectivity index (χ2n) is 10.9. The lowest BCUT2D eigenvalue weighted by molar-refractivity contribution is -0.145. The van der Waals surface area contributed by atoms with Crippen LogP contribution in [0.3, 0.4) is 0 Å². The minimum Gasteiger partial charge on any atom is -0.501 e. The Morgan fingerprint density at radius 2 is 1.90 bits per heavy atom. The number of hydrogen-bond acceptors (Lipinski definition) is 8. The first kappa shape index (κ1) is 27.2. The van der Waals surface area contributed by atoms with Crippen LogP contribution in [0.25, 0.3) is 0 Å². The van der Waals surface area contributed by atoms with Crippen molar-refractivity contribution in [3.8, 4) is 5.75 Å². The predicted molar refractivity (Wildman–Crippen MR) is 142 cm³/mol. The second-order valence-corrected chi connectivity index (χ2v) is 10.9. The molecular weight excluding hydrogens is 521 g/mol. The van der Waals surface area contributed by atoms with Crippen molar-refractivity contribution in [3.05, 3.63) is 57.0 Å². The van der Waals surface area contributed by atoms with Crippen molar-refractivity contribution in [3.63, 3.8) is 0 Å². The fourth-order valence-electron chi connectivity index (χ4n) is 5.77. The Morgan fingerprint density at radius 1 is 1.18 bits per heavy atom. The topological polar surface area (TPSA) is 158 Å². The molecule has 0 radical (unpaired) electrons. The minimum absolute atomic E-state index is 0.00163. The van der Waals surface area contributed by atoms with E-state index in [9.17, 15) is 28.7 Å². The van der Waals surface area contributed by atoms with Gasteiger partial charge in [0.2, 0.25) is 5.75 Å². The number of halogens is 1. The fraction of sp³-hybridized carbons (Fsp3) is 0.444. The quantitative estimate of drug-likeness (QED) is 0.473. The van der Waals surface area contributed by atoms with Gasteiger partial charge in [-0.1, -0.05) is 12.1 Å². The summed E-state index contributed by atoms with van der Waals surface area (Å²) in [5, 5.41) is 24.6. The summed E-state index contributed by atoms with van der Waals surface area (Å²) in [6.45, 7) is 1.72. The van der Waals surface area contributed by atoms with Crippen molar-refractivity contribution in [2.45, 2.75) is 57.7 Å². The lowest BCUT2D eigenvalue weighted by Crippen LogP contribution is -2.54. The summed E-state index contributed by atoms with van der Waals surface area (Å²) in [5.74, 6) is -3.57. The van der Waals surface area contributed by atoms with Crippen molar-refractivity contribution in [1.82, 2.24) is 25.1 Å². The first-order chi connectivity index (χ1) is 19.0. The maximum Gasteiger partial charge on any atom is 0.311 e. The molecule has 0 spiro atoms. The van der Waals surface area contributed by atoms with Crippen LogP contribution >= 0.6 is 0 Å². The molecule has 0 atom stereocenters. The Hall–Kier alpha value is -4.42. The number of benzene rings is 1. The van der Waals surface area contributed by atoms with Crippen LogP contribution in [0.2, 0.25) is 0 Å². The summed E-state index contributed by atoms with van der Waals surface area (Å²) < 4.78 is 14.9. The molecule has 1 fully saturated rings. The number of amides is 3. The molecule has 3 amide bonds. The van der Waals surface area contributed by atoms with Crippen LogP contribution in [0.1, 0.15) is 59.5 Å². The zero-order chi connectivity index (χ0) is 28.8. The number of fused-ring (bicyclic) bond motifs is 2. The Bertz CT molecular complexity index is 1540. The van der Waals surface area contributed by atoms with Crippen LogP contribution in [0.4, 0.5) is 4.39 Å². The highest BCUT2D eigenvalue weighted by Crippen LogP contribution is 2.51. The van der Waals surface area contributed by atoms with Gasteiger partial charge in [-0.15, -0.1) is 0 Å². The molecule has 2 bridgehead atoms. The smallest absolute Gasteiger partial charge is 0.311 e. The first-order valence-electron chi connectivity index (χ1n) is 13.0. The van der Waals surface area contributed by atoms with E-state index in [0.29, 0.717) is 43.2 Å². The number of likely N-dealkylation sites (N-methyl/N-ethyl adjacent to an activating group) is 1. The number of hydrogen-bond donors (Lipinski definition) is 3. The second kappa shape index (κ2) is 9.96. The Kier molecular flexibility index (Phi) is 6.76. The monoisotopic (exact) mass is 551 g/mol. The molecule has 4 heterocycles. The molecule has 1 aromatic carbocycles. The summed E-state index contributed by atoms with van der Waals surface area (Å²) in [7, 11) is 2.91. The summed E-state index contributed by atoms with van der Waals surface area (Å²) in [5.41, 5.74) is -1.32. The Morgan fingerprint density at radius 3 is 2.52 bits per heavy atom. The zero-order valence-electron chi connectivity index (χ0n) is 22.5. The minimum atomic E-state index is -1.24. The van der Waals surface area contributed by atoms with Crippen LogP contribution in [0.5, 0.6) is 5.75 Å². The number of aromatic nitrogens is 2. The van der Waals surface area contributed by atoms with Crippen molar-refractivity contribution in [1.29, 1.82) is 0 Å². The van der Waals surface area contributed by atoms with Crippen molar-refractivity contribution in [2.75, 3.05) is 14.1 Å². The van der Waals surface area contributed by atoms with Crippen molar-refractivity contribution in [2.24, 2.45) is 15.6 Å². The van der Waals surface area contributed by atoms with Gasteiger partial charge in [-0.25, -0.2) is 9.37 Å². The number of rotatable bonds is 5. The largest absolute Gasteiger partial charge is 0.501 e. The summed E-state index contributed by atoms with van der Waals surface area (Å²) >= 11 is 0. The third-order valence-electron chi connectivity index (χ3n) is 8.10. The van der Waals surface area contributed by atoms with E-state index in [-0.39, 0.29) is 24.7 Å². The zero-order valence-corrected chi connectivity index (χ0v) is 22.5. The van der Waals surface area contributed by atoms with Gasteiger partial charge < -0.3 is 20.6 Å². The number of carbonyl (C=O) groups is 3. The SMILES string of the molecule is Cc1cc(CNC(=O)c2nc3n(c(=O)c2O)CC2(C4=NN=CC4)CCC3(NC(=O)C(=O)N(C)C)CC2)ccc1F. The average Bonchev–Trinajstić information content (AvgIpc) is 3.40. The van der Waals surface area contributed by atoms with Crippen molar-refractivity contribution >= 4 is 29.6 Å². The molecule has 2 aromatic rings. The van der Waals surface area contributed by atoms with E-state index in [1.54, 1.807) is 19.2 Å². The van der Waals surface area contributed by atoms with E-state index in [2.05, 4.69) is 25.8 Å². The number of nitrogens with one attached hydrogen (secondary N) is 2. The molecule has 6 rings (SSSR count). The highest BCUT2D eigenvalue weighted by molar-refractivity contribution is 6.35. The van der Waals surface area contributed by atoms with E-state index in [1.165, 1.54) is 30.8 Å². The number of carbonyl (C=O) groups excluding carboxylic acids is 3. The van der Waals surface area contributed by atoms with Gasteiger partial charge in [-0.3, -0.25) is 23.7 Å². The Balaban J connectivity index is 1.55. The molecule has 0 unspecified atom stereocenters. The lowest BCUT2D eigenvalue weighted by Gasteiger charge is -2.42. The highest BCUT2D eigenvalue weighted by Gasteiger charge is 2.54. The average molecular weight is 552 g/mol. The molecule has 1 aromatic heterocycles. The van der Waals surface area contributed by atoms with Crippen LogP contribution in [-0.2, 0) is 28.2 Å². The maximum absolute atomic E-state index is 13.6. The third-order valence-corrected chi connectivity index (χ3v) is 8.10. The fourth-order valence-corrected chi connectivity index (χ4v) is 5.77. The molecule has 3 N–H and O–H groups in total. The number of aryl methyl sites for hydroxylation is 1. The van der Waals surface area contributed by atoms with E-state index in [4.69, 9.17) is 0 Å². The highest BCUT2D eigenvalue weighted by atomic mass is 19.1. The van der Waals surface area contributed by atoms with Gasteiger partial charge in [-0.05, 0) is 49.8 Å². The Labute approximate surface area is 229 Å². The molecule has 3 aliphatic heterocycles. The van der Waals surface area contributed by atoms with Gasteiger partial charge in [-0.2, -0.15) is 10.2 Å². The molecule has 1 aliphatic carbocycles. The molecule has 4 aliphatic rings. The number of nitrogens with zero attached hydrogens (tertiary/aromatic N) is 5. The van der Waals surface area contributed by atoms with E-state index < -0.39 is 45.7 Å². The molecule has 12 nitrogen and oxygen atoms in total. The van der Waals surface area contributed by atoms with Crippen LogP contribution < -0.4 is 16.2 Å². The molecule has 13 heteroatoms. The normalized spacial score (nSPS) is 22.8. The van der Waals surface area contributed by atoms with E-state index in [0.717, 1.165) is 10.6 Å². The van der Waals surface area contributed by atoms with Gasteiger partial charge >= 0.3 is 11.8 Å². The van der Waals surface area contributed by atoms with Gasteiger partial charge in [0.25, 0.3) is 11.5 Å². The molecular formula is C27H30FN7O5. The molecule has 210 valence electrons. The summed E-state index contributed by atoms with van der Waals surface area (Å²) in [6.07, 6.45) is 3.88. The molecule has 0 saturated heterocycles. The summed E-state index contributed by atoms with van der Waals surface area (Å²) in [4.78, 5) is 57.8. The van der Waals surface area contributed by atoms with Gasteiger partial charge in [0.1, 0.15) is 11.6 Å². The first-order valence-corrected chi connectivity index (χ1v) is 13.0. The molecule has 40 heavy (non-hydrogen) atoms. The van der Waals surface area contributed by atoms with Crippen LogP contribution in [0.15, 0.2) is 33.2 Å².